The van der Waals surface area contributed by atoms with Crippen LogP contribution in [0.15, 0.2) is 48.5 Å². The molecule has 0 saturated carbocycles. The lowest BCUT2D eigenvalue weighted by molar-refractivity contribution is -0.137. The summed E-state index contributed by atoms with van der Waals surface area (Å²) in [5, 5.41) is -0.417. The molecule has 28 heavy (non-hydrogen) atoms. The molecule has 146 valence electrons. The number of halogens is 4. The van der Waals surface area contributed by atoms with Gasteiger partial charge in [0.25, 0.3) is 5.24 Å². The molecule has 3 aromatic rings. The summed E-state index contributed by atoms with van der Waals surface area (Å²) in [7, 11) is 0. The molecule has 3 rings (SSSR count). The van der Waals surface area contributed by atoms with E-state index in [1.54, 1.807) is 31.2 Å². The van der Waals surface area contributed by atoms with Crippen molar-refractivity contribution in [3.05, 3.63) is 70.9 Å². The second kappa shape index (κ2) is 7.67. The first-order valence-electron chi connectivity index (χ1n) is 8.38. The van der Waals surface area contributed by atoms with Gasteiger partial charge in [0.05, 0.1) is 17.7 Å². The SMILES string of the molecule is CCOC(=O)c1c(C(=O)Cl)c2ccccc2n1Cc1cccc(C(F)(F)F)c1. The van der Waals surface area contributed by atoms with Crippen molar-refractivity contribution in [1.29, 1.82) is 0 Å². The van der Waals surface area contributed by atoms with Crippen LogP contribution in [0.3, 0.4) is 0 Å². The number of carbonyl (C=O) groups is 2. The summed E-state index contributed by atoms with van der Waals surface area (Å²) in [6, 6.07) is 11.4. The molecular formula is C20H15ClF3NO3. The molecule has 0 radical (unpaired) electrons. The minimum absolute atomic E-state index is 0.0253. The minimum atomic E-state index is -4.49. The van der Waals surface area contributed by atoms with Crippen molar-refractivity contribution in [2.75, 3.05) is 6.61 Å². The summed E-state index contributed by atoms with van der Waals surface area (Å²) >= 11 is 5.72. The van der Waals surface area contributed by atoms with Crippen molar-refractivity contribution in [2.45, 2.75) is 19.6 Å². The molecule has 0 aliphatic rings. The lowest BCUT2D eigenvalue weighted by atomic mass is 10.1. The van der Waals surface area contributed by atoms with E-state index in [0.717, 1.165) is 12.1 Å². The molecule has 4 nitrogen and oxygen atoms in total. The fraction of sp³-hybridized carbons (Fsp3) is 0.200. The van der Waals surface area contributed by atoms with E-state index in [4.69, 9.17) is 16.3 Å². The van der Waals surface area contributed by atoms with Gasteiger partial charge in [0, 0.05) is 17.4 Å². The quantitative estimate of drug-likeness (QED) is 0.426. The lowest BCUT2D eigenvalue weighted by Crippen LogP contribution is -2.16. The molecule has 0 unspecified atom stereocenters. The average molecular weight is 410 g/mol. The van der Waals surface area contributed by atoms with Gasteiger partial charge in [0.2, 0.25) is 0 Å². The second-order valence-electron chi connectivity index (χ2n) is 6.02. The van der Waals surface area contributed by atoms with E-state index in [2.05, 4.69) is 0 Å². The van der Waals surface area contributed by atoms with Gasteiger partial charge in [-0.05, 0) is 42.3 Å². The van der Waals surface area contributed by atoms with Crippen molar-refractivity contribution in [1.82, 2.24) is 4.57 Å². The molecule has 1 aromatic heterocycles. The first-order valence-corrected chi connectivity index (χ1v) is 8.76. The van der Waals surface area contributed by atoms with E-state index in [-0.39, 0.29) is 24.4 Å². The van der Waals surface area contributed by atoms with Gasteiger partial charge in [-0.3, -0.25) is 4.79 Å². The molecule has 1 heterocycles. The number of alkyl halides is 3. The largest absolute Gasteiger partial charge is 0.461 e. The van der Waals surface area contributed by atoms with Crippen LogP contribution in [-0.2, 0) is 17.5 Å². The highest BCUT2D eigenvalue weighted by Crippen LogP contribution is 2.32. The zero-order chi connectivity index (χ0) is 20.5. The van der Waals surface area contributed by atoms with Crippen molar-refractivity contribution in [3.8, 4) is 0 Å². The number of ether oxygens (including phenoxy) is 1. The summed E-state index contributed by atoms with van der Waals surface area (Å²) in [6.45, 7) is 1.61. The van der Waals surface area contributed by atoms with Gasteiger partial charge in [-0.25, -0.2) is 4.79 Å². The number of hydrogen-bond acceptors (Lipinski definition) is 3. The van der Waals surface area contributed by atoms with E-state index in [1.807, 2.05) is 0 Å². The highest BCUT2D eigenvalue weighted by Gasteiger charge is 2.31. The molecule has 0 atom stereocenters. The summed E-state index contributed by atoms with van der Waals surface area (Å²) in [4.78, 5) is 24.6. The number of rotatable bonds is 5. The zero-order valence-corrected chi connectivity index (χ0v) is 15.5. The van der Waals surface area contributed by atoms with Gasteiger partial charge < -0.3 is 9.30 Å². The summed E-state index contributed by atoms with van der Waals surface area (Å²) in [5.41, 5.74) is -0.0994. The molecule has 0 saturated heterocycles. The Morgan fingerprint density at radius 1 is 1.11 bits per heavy atom. The molecule has 0 aliphatic carbocycles. The van der Waals surface area contributed by atoms with Crippen LogP contribution in [0.25, 0.3) is 10.9 Å². The van der Waals surface area contributed by atoms with Crippen molar-refractivity contribution < 1.29 is 27.5 Å². The molecule has 0 fully saturated rings. The Hall–Kier alpha value is -2.80. The number of esters is 1. The Kier molecular flexibility index (Phi) is 5.47. The van der Waals surface area contributed by atoms with Crippen LogP contribution in [0.1, 0.15) is 38.9 Å². The Labute approximate surface area is 163 Å². The first-order chi connectivity index (χ1) is 13.2. The number of nitrogens with zero attached hydrogens (tertiary/aromatic N) is 1. The van der Waals surface area contributed by atoms with Gasteiger partial charge in [-0.15, -0.1) is 0 Å². The van der Waals surface area contributed by atoms with Crippen LogP contribution in [0.5, 0.6) is 0 Å². The highest BCUT2D eigenvalue weighted by atomic mass is 35.5. The molecule has 0 amide bonds. The molecule has 0 bridgehead atoms. The van der Waals surface area contributed by atoms with E-state index in [0.29, 0.717) is 16.5 Å². The Morgan fingerprint density at radius 2 is 1.82 bits per heavy atom. The molecular weight excluding hydrogens is 395 g/mol. The zero-order valence-electron chi connectivity index (χ0n) is 14.7. The van der Waals surface area contributed by atoms with E-state index in [1.165, 1.54) is 16.7 Å². The third-order valence-electron chi connectivity index (χ3n) is 4.23. The summed E-state index contributed by atoms with van der Waals surface area (Å²) in [6.07, 6.45) is -4.49. The average Bonchev–Trinajstić information content (AvgIpc) is 2.96. The number of aromatic nitrogens is 1. The van der Waals surface area contributed by atoms with Crippen LogP contribution >= 0.6 is 11.6 Å². The van der Waals surface area contributed by atoms with Crippen LogP contribution < -0.4 is 0 Å². The fourth-order valence-corrected chi connectivity index (χ4v) is 3.30. The normalized spacial score (nSPS) is 11.6. The van der Waals surface area contributed by atoms with Crippen LogP contribution in [0.4, 0.5) is 13.2 Å². The Bertz CT molecular complexity index is 1060. The number of para-hydroxylation sites is 1. The maximum absolute atomic E-state index is 13.0. The predicted octanol–water partition coefficient (Wildman–Crippen LogP) is 5.26. The van der Waals surface area contributed by atoms with Crippen LogP contribution in [0.2, 0.25) is 0 Å². The molecule has 0 N–H and O–H groups in total. The lowest BCUT2D eigenvalue weighted by Gasteiger charge is -2.13. The highest BCUT2D eigenvalue weighted by molar-refractivity contribution is 6.69. The Balaban J connectivity index is 2.21. The number of carbonyl (C=O) groups excluding carboxylic acids is 2. The van der Waals surface area contributed by atoms with Gasteiger partial charge in [-0.2, -0.15) is 13.2 Å². The second-order valence-corrected chi connectivity index (χ2v) is 6.36. The standard InChI is InChI=1S/C20H15ClF3NO3/c1-2-28-19(27)17-16(18(21)26)14-8-3-4-9-15(14)25(17)11-12-6-5-7-13(10-12)20(22,23)24/h3-10H,2,11H2,1H3. The van der Waals surface area contributed by atoms with Crippen LogP contribution in [0, 0.1) is 0 Å². The maximum atomic E-state index is 13.0. The third-order valence-corrected chi connectivity index (χ3v) is 4.42. The minimum Gasteiger partial charge on any atom is -0.461 e. The van der Waals surface area contributed by atoms with E-state index < -0.39 is 23.0 Å². The molecule has 0 spiro atoms. The summed E-state index contributed by atoms with van der Waals surface area (Å²) in [5.74, 6) is -0.769. The van der Waals surface area contributed by atoms with Crippen molar-refractivity contribution >= 4 is 33.7 Å². The number of benzene rings is 2. The van der Waals surface area contributed by atoms with Crippen LogP contribution in [-0.4, -0.2) is 22.4 Å². The van der Waals surface area contributed by atoms with Gasteiger partial charge in [0.15, 0.2) is 0 Å². The van der Waals surface area contributed by atoms with Gasteiger partial charge >= 0.3 is 12.1 Å². The topological polar surface area (TPSA) is 48.3 Å². The van der Waals surface area contributed by atoms with E-state index >= 15 is 0 Å². The van der Waals surface area contributed by atoms with Crippen molar-refractivity contribution in [2.24, 2.45) is 0 Å². The third kappa shape index (κ3) is 3.75. The van der Waals surface area contributed by atoms with E-state index in [9.17, 15) is 22.8 Å². The predicted molar refractivity (Wildman–Crippen MR) is 98.6 cm³/mol. The molecule has 2 aromatic carbocycles. The summed E-state index contributed by atoms with van der Waals surface area (Å²) < 4.78 is 45.6. The fourth-order valence-electron chi connectivity index (χ4n) is 3.11. The number of hydrogen-bond donors (Lipinski definition) is 0. The maximum Gasteiger partial charge on any atom is 0.416 e. The molecule has 8 heteroatoms. The molecule has 0 aliphatic heterocycles. The smallest absolute Gasteiger partial charge is 0.416 e. The first kappa shape index (κ1) is 19.9. The van der Waals surface area contributed by atoms with Gasteiger partial charge in [0.1, 0.15) is 5.69 Å². The van der Waals surface area contributed by atoms with Crippen molar-refractivity contribution in [3.63, 3.8) is 0 Å². The monoisotopic (exact) mass is 409 g/mol. The van der Waals surface area contributed by atoms with Gasteiger partial charge in [-0.1, -0.05) is 30.3 Å². The number of fused-ring (bicyclic) bond motifs is 1. The Morgan fingerprint density at radius 3 is 2.46 bits per heavy atom.